The van der Waals surface area contributed by atoms with Crippen molar-refractivity contribution in [3.05, 3.63) is 118 Å². The quantitative estimate of drug-likeness (QED) is 0.267. The van der Waals surface area contributed by atoms with Crippen LogP contribution in [-0.4, -0.2) is 71.9 Å². The van der Waals surface area contributed by atoms with E-state index in [0.29, 0.717) is 39.2 Å². The summed E-state index contributed by atoms with van der Waals surface area (Å²) in [6, 6.07) is 11.0. The molecule has 0 radical (unpaired) electrons. The average Bonchev–Trinajstić information content (AvgIpc) is 2.95. The zero-order valence-electron chi connectivity index (χ0n) is 24.5. The first kappa shape index (κ1) is 34.9. The number of benzene rings is 2. The molecule has 0 atom stereocenters. The molecule has 0 N–H and O–H groups in total. The Labute approximate surface area is 261 Å². The second-order valence-corrected chi connectivity index (χ2v) is 16.2. The Bertz CT molecular complexity index is 2160. The number of Topliss-reactive ketones (excluding diaryl/α,β-unsaturated/α-hetero) is 3. The van der Waals surface area contributed by atoms with Crippen molar-refractivity contribution >= 4 is 63.6 Å². The van der Waals surface area contributed by atoms with Gasteiger partial charge in [-0.2, -0.15) is 4.79 Å². The fourth-order valence-corrected chi connectivity index (χ4v) is 7.02. The van der Waals surface area contributed by atoms with E-state index in [2.05, 4.69) is 17.9 Å². The average molecular weight is 669 g/mol. The van der Waals surface area contributed by atoms with E-state index in [1.807, 2.05) is 0 Å². The molecule has 0 fully saturated rings. The molecular weight excluding hydrogens is 641 g/mol. The van der Waals surface area contributed by atoms with E-state index in [4.69, 9.17) is 5.53 Å². The highest BCUT2D eigenvalue weighted by Crippen LogP contribution is 2.29. The minimum Gasteiger partial charge on any atom is -0.361 e. The second-order valence-electron chi connectivity index (χ2n) is 10.1. The van der Waals surface area contributed by atoms with Crippen molar-refractivity contribution in [2.24, 2.45) is 0 Å². The van der Waals surface area contributed by atoms with Crippen molar-refractivity contribution in [3.63, 3.8) is 0 Å². The van der Waals surface area contributed by atoms with Gasteiger partial charge in [-0.25, -0.2) is 25.3 Å². The van der Waals surface area contributed by atoms with Gasteiger partial charge >= 0.3 is 5.71 Å². The predicted molar refractivity (Wildman–Crippen MR) is 171 cm³/mol. The minimum absolute atomic E-state index is 0.0134. The summed E-state index contributed by atoms with van der Waals surface area (Å²) in [5.74, 6) is -0.777. The van der Waals surface area contributed by atoms with Crippen LogP contribution in [0, 0.1) is 0 Å². The molecule has 11 nitrogen and oxygen atoms in total. The van der Waals surface area contributed by atoms with E-state index in [1.165, 1.54) is 18.2 Å². The van der Waals surface area contributed by atoms with Crippen LogP contribution in [0.4, 0.5) is 0 Å². The van der Waals surface area contributed by atoms with Crippen LogP contribution < -0.4 is 0 Å². The Morgan fingerprint density at radius 2 is 1.27 bits per heavy atom. The van der Waals surface area contributed by atoms with Gasteiger partial charge in [0.2, 0.25) is 0 Å². The number of carbonyl (C=O) groups excluding carboxylic acids is 3. The molecule has 0 heterocycles. The highest BCUT2D eigenvalue weighted by molar-refractivity contribution is 8.00. The Hall–Kier alpha value is -4.62. The molecule has 14 heteroatoms. The molecule has 3 aliphatic carbocycles. The summed E-state index contributed by atoms with van der Waals surface area (Å²) < 4.78 is 68.3. The number of rotatable bonds is 3. The van der Waals surface area contributed by atoms with Crippen LogP contribution in [0.3, 0.4) is 0 Å². The van der Waals surface area contributed by atoms with Gasteiger partial charge in [-0.15, -0.1) is 0 Å². The summed E-state index contributed by atoms with van der Waals surface area (Å²) in [6.07, 6.45) is 9.50. The largest absolute Gasteiger partial charge is 0.364 e. The molecule has 0 saturated carbocycles. The maximum atomic E-state index is 11.8. The second kappa shape index (κ2) is 13.2. The summed E-state index contributed by atoms with van der Waals surface area (Å²) in [4.78, 5) is 37.8. The Morgan fingerprint density at radius 1 is 0.667 bits per heavy atom. The number of ketones is 3. The first-order valence-corrected chi connectivity index (χ1v) is 18.6. The highest BCUT2D eigenvalue weighted by Gasteiger charge is 2.33. The molecule has 0 aliphatic heterocycles. The van der Waals surface area contributed by atoms with Crippen molar-refractivity contribution in [1.82, 2.24) is 0 Å². The van der Waals surface area contributed by atoms with Gasteiger partial charge in [0.15, 0.2) is 41.1 Å². The summed E-state index contributed by atoms with van der Waals surface area (Å²) in [7, 11) is -9.94. The Balaban J connectivity index is 0.000000187. The van der Waals surface area contributed by atoms with Crippen LogP contribution in [0.15, 0.2) is 94.8 Å². The Morgan fingerprint density at radius 3 is 1.80 bits per heavy atom. The number of hydrogen-bond donors (Lipinski definition) is 0. The van der Waals surface area contributed by atoms with Crippen molar-refractivity contribution in [2.45, 2.75) is 17.7 Å². The van der Waals surface area contributed by atoms with E-state index >= 15 is 0 Å². The van der Waals surface area contributed by atoms with Gasteiger partial charge in [0.1, 0.15) is 0 Å². The molecule has 0 bridgehead atoms. The monoisotopic (exact) mass is 668 g/mol. The third kappa shape index (κ3) is 8.11. The van der Waals surface area contributed by atoms with Crippen LogP contribution in [0.2, 0.25) is 0 Å². The molecule has 0 amide bonds. The molecule has 0 unspecified atom stereocenters. The normalized spacial score (nSPS) is 16.2. The van der Waals surface area contributed by atoms with Crippen LogP contribution in [0.5, 0.6) is 0 Å². The van der Waals surface area contributed by atoms with Crippen molar-refractivity contribution in [1.29, 1.82) is 0 Å². The summed E-state index contributed by atoms with van der Waals surface area (Å²) in [5.41, 5.74) is 10.5. The van der Waals surface area contributed by atoms with Gasteiger partial charge in [0.05, 0.1) is 15.9 Å². The first-order valence-electron chi connectivity index (χ1n) is 12.9. The fourth-order valence-electron chi connectivity index (χ4n) is 4.39. The van der Waals surface area contributed by atoms with Crippen molar-refractivity contribution < 1.29 is 44.4 Å². The number of fused-ring (bicyclic) bond motifs is 2. The topological polar surface area (TPSA) is 190 Å². The van der Waals surface area contributed by atoms with Crippen LogP contribution in [0.25, 0.3) is 16.5 Å². The van der Waals surface area contributed by atoms with Crippen molar-refractivity contribution in [2.75, 3.05) is 18.8 Å². The third-order valence-electron chi connectivity index (χ3n) is 6.67. The van der Waals surface area contributed by atoms with Gasteiger partial charge < -0.3 is 5.53 Å². The lowest BCUT2D eigenvalue weighted by Crippen LogP contribution is -2.22. The number of nitrogens with zero attached hydrogens (tertiary/aromatic N) is 2. The van der Waals surface area contributed by atoms with Crippen LogP contribution >= 0.6 is 0 Å². The smallest absolute Gasteiger partial charge is 0.361 e. The lowest BCUT2D eigenvalue weighted by molar-refractivity contribution is -0.115. The van der Waals surface area contributed by atoms with Crippen LogP contribution in [0.1, 0.15) is 44.7 Å². The zero-order valence-corrected chi connectivity index (χ0v) is 26.9. The number of hydrogen-bond acceptors (Lipinski definition) is 9. The number of sulfone groups is 3. The third-order valence-corrected chi connectivity index (χ3v) is 10.2. The highest BCUT2D eigenvalue weighted by atomic mass is 32.2. The van der Waals surface area contributed by atoms with Gasteiger partial charge in [-0.1, -0.05) is 61.7 Å². The summed E-state index contributed by atoms with van der Waals surface area (Å²) >= 11 is 0. The van der Waals surface area contributed by atoms with Crippen LogP contribution in [-0.2, 0) is 34.3 Å². The lowest BCUT2D eigenvalue weighted by Gasteiger charge is -2.13. The zero-order chi connectivity index (χ0) is 33.9. The Kier molecular flexibility index (Phi) is 10.2. The van der Waals surface area contributed by atoms with Gasteiger partial charge in [0, 0.05) is 63.5 Å². The molecule has 0 aromatic heterocycles. The lowest BCUT2D eigenvalue weighted by atomic mass is 9.93. The number of carbonyl (C=O) groups is 3. The van der Waals surface area contributed by atoms with E-state index in [1.54, 1.807) is 42.5 Å². The molecule has 5 rings (SSSR count). The predicted octanol–water partition coefficient (Wildman–Crippen LogP) is 3.63. The summed E-state index contributed by atoms with van der Waals surface area (Å²) in [6.45, 7) is 7.07. The molecule has 45 heavy (non-hydrogen) atoms. The molecule has 3 aliphatic rings. The first-order chi connectivity index (χ1) is 20.8. The van der Waals surface area contributed by atoms with Crippen molar-refractivity contribution in [3.8, 4) is 0 Å². The van der Waals surface area contributed by atoms with E-state index in [9.17, 15) is 39.6 Å². The van der Waals surface area contributed by atoms with E-state index in [-0.39, 0.29) is 39.1 Å². The molecule has 0 saturated heterocycles. The summed E-state index contributed by atoms with van der Waals surface area (Å²) in [5, 5.41) is 0. The minimum atomic E-state index is -3.49. The van der Waals surface area contributed by atoms with E-state index < -0.39 is 35.3 Å². The van der Waals surface area contributed by atoms with E-state index in [0.717, 1.165) is 24.8 Å². The van der Waals surface area contributed by atoms with Gasteiger partial charge in [-0.05, 0) is 18.6 Å². The molecule has 234 valence electrons. The SMILES string of the molecule is C=C1C=C(S(C)(=O)=O)CCC1=O.C=C1C=Cc2c(cccc2S(C)(=O)=O)C1=O.CS(=O)(=O)C1=CC(=[N+]=[N-])C(=O)c2ccccc21. The van der Waals surface area contributed by atoms with Gasteiger partial charge in [-0.3, -0.25) is 14.4 Å². The maximum Gasteiger partial charge on any atom is 0.364 e. The molecular formula is C31H28N2O9S3. The molecule has 2 aromatic carbocycles. The number of allylic oxidation sites excluding steroid dienone is 6. The molecule has 0 spiro atoms. The maximum absolute atomic E-state index is 11.8. The standard InChI is InChI=1S/C12H10O3S.C11H8N2O3S.C8H10O3S/c1-8-6-7-9-10(12(8)13)4-3-5-11(9)16(2,14)15;1-17(15,16)10-6-9(13-12)11(14)8-5-3-2-4-7(8)10;1-6-5-7(12(2,10)11)3-4-8(6)9/h3-7H,1H2,2H3;2-6H,1H3;5H,1,3-4H2,2H3. The fraction of sp³-hybridized carbons (Fsp3) is 0.161. The molecule has 2 aromatic rings. The van der Waals surface area contributed by atoms with Gasteiger partial charge in [0.25, 0.3) is 5.78 Å².